The molecule has 1 N–H and O–H groups in total. The molecule has 0 aliphatic rings. The molecule has 2 aromatic rings. The van der Waals surface area contributed by atoms with Gasteiger partial charge in [-0.25, -0.2) is 4.98 Å². The molecule has 0 amide bonds. The number of nitrogens with zero attached hydrogens (tertiary/aromatic N) is 1. The quantitative estimate of drug-likeness (QED) is 0.859. The van der Waals surface area contributed by atoms with Crippen molar-refractivity contribution in [2.24, 2.45) is 0 Å². The van der Waals surface area contributed by atoms with E-state index in [-0.39, 0.29) is 0 Å². The Bertz CT molecular complexity index is 478. The second-order valence-corrected chi connectivity index (χ2v) is 6.57. The van der Waals surface area contributed by atoms with Crippen molar-refractivity contribution in [2.75, 3.05) is 6.54 Å². The first-order valence-electron chi connectivity index (χ1n) is 5.64. The number of nitrogens with one attached hydrogen (secondary N) is 1. The van der Waals surface area contributed by atoms with Crippen LogP contribution in [0.1, 0.15) is 32.0 Å². The Labute approximate surface area is 118 Å². The summed E-state index contributed by atoms with van der Waals surface area (Å²) in [6.45, 7) is 5.38. The van der Waals surface area contributed by atoms with Crippen molar-refractivity contribution >= 4 is 38.6 Å². The summed E-state index contributed by atoms with van der Waals surface area (Å²) in [5.74, 6) is 0. The van der Waals surface area contributed by atoms with Crippen molar-refractivity contribution in [3.8, 4) is 9.88 Å². The van der Waals surface area contributed by atoms with E-state index >= 15 is 0 Å². The van der Waals surface area contributed by atoms with Crippen molar-refractivity contribution in [3.63, 3.8) is 0 Å². The van der Waals surface area contributed by atoms with E-state index in [4.69, 9.17) is 4.98 Å². The highest BCUT2D eigenvalue weighted by atomic mass is 79.9. The van der Waals surface area contributed by atoms with Gasteiger partial charge in [0.1, 0.15) is 5.01 Å². The first-order valence-corrected chi connectivity index (χ1v) is 8.19. The maximum Gasteiger partial charge on any atom is 0.133 e. The third-order valence-corrected chi connectivity index (χ3v) is 5.17. The highest BCUT2D eigenvalue weighted by molar-refractivity contribution is 9.10. The predicted molar refractivity (Wildman–Crippen MR) is 79.8 cm³/mol. The molecule has 0 fully saturated rings. The zero-order valence-corrected chi connectivity index (χ0v) is 13.1. The Morgan fingerprint density at radius 3 is 2.88 bits per heavy atom. The third-order valence-electron chi connectivity index (χ3n) is 2.44. The van der Waals surface area contributed by atoms with Crippen LogP contribution in [0, 0.1) is 0 Å². The summed E-state index contributed by atoms with van der Waals surface area (Å²) in [6, 6.07) is 2.46. The van der Waals surface area contributed by atoms with Crippen LogP contribution in [-0.2, 0) is 0 Å². The van der Waals surface area contributed by atoms with E-state index in [0.29, 0.717) is 6.04 Å². The third kappa shape index (κ3) is 3.37. The SMILES string of the molecule is CCCNC(C)c1csc(-c2cc(Br)cs2)n1. The molecule has 17 heavy (non-hydrogen) atoms. The fourth-order valence-electron chi connectivity index (χ4n) is 1.49. The number of hydrogen-bond donors (Lipinski definition) is 1. The van der Waals surface area contributed by atoms with E-state index < -0.39 is 0 Å². The van der Waals surface area contributed by atoms with Gasteiger partial charge < -0.3 is 5.32 Å². The summed E-state index contributed by atoms with van der Waals surface area (Å²) in [5.41, 5.74) is 1.14. The smallest absolute Gasteiger partial charge is 0.133 e. The maximum atomic E-state index is 4.69. The average Bonchev–Trinajstić information content (AvgIpc) is 2.93. The molecule has 1 unspecified atom stereocenters. The molecule has 2 rings (SSSR count). The molecule has 0 bridgehead atoms. The Balaban J connectivity index is 2.10. The van der Waals surface area contributed by atoms with Gasteiger partial charge in [-0.3, -0.25) is 0 Å². The van der Waals surface area contributed by atoms with Gasteiger partial charge in [-0.1, -0.05) is 6.92 Å². The van der Waals surface area contributed by atoms with Crippen LogP contribution in [0.5, 0.6) is 0 Å². The van der Waals surface area contributed by atoms with Gasteiger partial charge in [-0.2, -0.15) is 0 Å². The molecule has 1 atom stereocenters. The van der Waals surface area contributed by atoms with Gasteiger partial charge in [0.15, 0.2) is 0 Å². The molecule has 0 aromatic carbocycles. The second kappa shape index (κ2) is 6.09. The molecule has 2 aromatic heterocycles. The number of thiophene rings is 1. The normalized spacial score (nSPS) is 12.9. The lowest BCUT2D eigenvalue weighted by atomic mass is 10.2. The van der Waals surface area contributed by atoms with Crippen LogP contribution in [0.4, 0.5) is 0 Å². The molecule has 0 saturated heterocycles. The van der Waals surface area contributed by atoms with Crippen LogP contribution >= 0.6 is 38.6 Å². The van der Waals surface area contributed by atoms with Crippen LogP contribution in [-0.4, -0.2) is 11.5 Å². The molecule has 0 saturated carbocycles. The van der Waals surface area contributed by atoms with Gasteiger partial charge in [0.25, 0.3) is 0 Å². The summed E-state index contributed by atoms with van der Waals surface area (Å²) >= 11 is 6.92. The minimum atomic E-state index is 0.336. The largest absolute Gasteiger partial charge is 0.309 e. The zero-order valence-electron chi connectivity index (χ0n) is 9.87. The predicted octanol–water partition coefficient (Wildman–Crippen LogP) is 4.69. The highest BCUT2D eigenvalue weighted by Crippen LogP contribution is 2.32. The van der Waals surface area contributed by atoms with E-state index in [1.165, 1.54) is 4.88 Å². The average molecular weight is 331 g/mol. The van der Waals surface area contributed by atoms with Crippen LogP contribution in [0.2, 0.25) is 0 Å². The van der Waals surface area contributed by atoms with Gasteiger partial charge in [0, 0.05) is 21.3 Å². The minimum Gasteiger partial charge on any atom is -0.309 e. The summed E-state index contributed by atoms with van der Waals surface area (Å²) < 4.78 is 1.13. The van der Waals surface area contributed by atoms with Crippen molar-refractivity contribution in [3.05, 3.63) is 27.0 Å². The van der Waals surface area contributed by atoms with Crippen LogP contribution in [0.25, 0.3) is 9.88 Å². The second-order valence-electron chi connectivity index (χ2n) is 3.88. The Morgan fingerprint density at radius 2 is 2.24 bits per heavy atom. The fourth-order valence-corrected chi connectivity index (χ4v) is 3.91. The monoisotopic (exact) mass is 330 g/mol. The van der Waals surface area contributed by atoms with Gasteiger partial charge in [0.05, 0.1) is 10.6 Å². The van der Waals surface area contributed by atoms with E-state index in [2.05, 4.69) is 51.9 Å². The van der Waals surface area contributed by atoms with Crippen molar-refractivity contribution in [2.45, 2.75) is 26.3 Å². The van der Waals surface area contributed by atoms with Crippen molar-refractivity contribution < 1.29 is 0 Å². The summed E-state index contributed by atoms with van der Waals surface area (Å²) in [6.07, 6.45) is 1.15. The summed E-state index contributed by atoms with van der Waals surface area (Å²) in [7, 11) is 0. The summed E-state index contributed by atoms with van der Waals surface area (Å²) in [5, 5.41) is 8.81. The first-order chi connectivity index (χ1) is 8.20. The molecule has 5 heteroatoms. The van der Waals surface area contributed by atoms with Crippen LogP contribution in [0.15, 0.2) is 21.3 Å². The van der Waals surface area contributed by atoms with Crippen molar-refractivity contribution in [1.82, 2.24) is 10.3 Å². The first kappa shape index (κ1) is 13.2. The van der Waals surface area contributed by atoms with Crippen LogP contribution < -0.4 is 5.32 Å². The molecule has 0 spiro atoms. The van der Waals surface area contributed by atoms with Gasteiger partial charge in [-0.15, -0.1) is 22.7 Å². The molecule has 0 aliphatic heterocycles. The lowest BCUT2D eigenvalue weighted by Gasteiger charge is -2.09. The van der Waals surface area contributed by atoms with E-state index in [0.717, 1.165) is 28.1 Å². The van der Waals surface area contributed by atoms with Gasteiger partial charge in [-0.05, 0) is 41.9 Å². The lowest BCUT2D eigenvalue weighted by Crippen LogP contribution is -2.19. The number of halogens is 1. The van der Waals surface area contributed by atoms with E-state index in [1.807, 2.05) is 0 Å². The minimum absolute atomic E-state index is 0.336. The number of rotatable bonds is 5. The standard InChI is InChI=1S/C12H15BrN2S2/c1-3-4-14-8(2)10-7-17-12(15-10)11-5-9(13)6-16-11/h5-8,14H,3-4H2,1-2H3. The van der Waals surface area contributed by atoms with E-state index in [1.54, 1.807) is 22.7 Å². The fraction of sp³-hybridized carbons (Fsp3) is 0.417. The van der Waals surface area contributed by atoms with Crippen molar-refractivity contribution in [1.29, 1.82) is 0 Å². The molecule has 2 heterocycles. The topological polar surface area (TPSA) is 24.9 Å². The number of aromatic nitrogens is 1. The van der Waals surface area contributed by atoms with E-state index in [9.17, 15) is 0 Å². The van der Waals surface area contributed by atoms with Crippen LogP contribution in [0.3, 0.4) is 0 Å². The van der Waals surface area contributed by atoms with Gasteiger partial charge >= 0.3 is 0 Å². The zero-order chi connectivity index (χ0) is 12.3. The molecule has 92 valence electrons. The molecule has 2 nitrogen and oxygen atoms in total. The Morgan fingerprint density at radius 1 is 1.41 bits per heavy atom. The Hall–Kier alpha value is -0.230. The highest BCUT2D eigenvalue weighted by Gasteiger charge is 2.11. The Kier molecular flexibility index (Phi) is 4.73. The van der Waals surface area contributed by atoms with Gasteiger partial charge in [0.2, 0.25) is 0 Å². The molecule has 0 radical (unpaired) electrons. The molecular formula is C12H15BrN2S2. The molecular weight excluding hydrogens is 316 g/mol. The summed E-state index contributed by atoms with van der Waals surface area (Å²) in [4.78, 5) is 5.92. The number of hydrogen-bond acceptors (Lipinski definition) is 4. The number of thiazole rings is 1. The maximum absolute atomic E-state index is 4.69. The molecule has 0 aliphatic carbocycles. The lowest BCUT2D eigenvalue weighted by molar-refractivity contribution is 0.561.